The van der Waals surface area contributed by atoms with Crippen molar-refractivity contribution in [1.29, 1.82) is 0 Å². The van der Waals surface area contributed by atoms with E-state index in [1.54, 1.807) is 36.4 Å². The fourth-order valence-electron chi connectivity index (χ4n) is 3.20. The summed E-state index contributed by atoms with van der Waals surface area (Å²) in [6.45, 7) is -0.332. The van der Waals surface area contributed by atoms with Gasteiger partial charge in [-0.3, -0.25) is 9.59 Å². The summed E-state index contributed by atoms with van der Waals surface area (Å²) in [5.74, 6) is -0.312. The molecule has 2 N–H and O–H groups in total. The Bertz CT molecular complexity index is 1550. The molecule has 9 nitrogen and oxygen atoms in total. The van der Waals surface area contributed by atoms with E-state index in [0.717, 1.165) is 4.68 Å². The van der Waals surface area contributed by atoms with Gasteiger partial charge in [0.2, 0.25) is 0 Å². The number of nitrogens with zero attached hydrogens (tertiary/aromatic N) is 2. The quantitative estimate of drug-likeness (QED) is 0.348. The fourth-order valence-corrected chi connectivity index (χ4v) is 3.78. The van der Waals surface area contributed by atoms with Gasteiger partial charge in [-0.25, -0.2) is 9.18 Å². The average molecular weight is 541 g/mol. The molecule has 0 fully saturated rings. The van der Waals surface area contributed by atoms with Crippen LogP contribution in [-0.2, 0) is 4.79 Å². The molecule has 0 saturated carbocycles. The standard InChI is InChI=1S/C24H18BrFN4O5/c1-34-20-11-14(12-27-30-23(32)17-4-2-3-5-19(17)29-24(30)33)10-18(25)22(20)35-13-21(31)28-16-8-6-15(26)7-9-16/h2-12H,13H2,1H3,(H,28,31)(H,29,33). The molecular formula is C24H18BrFN4O5. The van der Waals surface area contributed by atoms with Crippen LogP contribution in [0.2, 0.25) is 0 Å². The van der Waals surface area contributed by atoms with E-state index in [9.17, 15) is 18.8 Å². The highest BCUT2D eigenvalue weighted by Crippen LogP contribution is 2.36. The van der Waals surface area contributed by atoms with Gasteiger partial charge in [-0.15, -0.1) is 4.68 Å². The van der Waals surface area contributed by atoms with Gasteiger partial charge >= 0.3 is 5.69 Å². The molecule has 0 radical (unpaired) electrons. The number of carbonyl (C=O) groups is 1. The van der Waals surface area contributed by atoms with Crippen molar-refractivity contribution in [3.05, 3.63) is 97.4 Å². The second-order valence-corrected chi connectivity index (χ2v) is 8.07. The summed E-state index contributed by atoms with van der Waals surface area (Å²) in [4.78, 5) is 39.7. The minimum Gasteiger partial charge on any atom is -0.493 e. The van der Waals surface area contributed by atoms with Gasteiger partial charge in [-0.1, -0.05) is 12.1 Å². The van der Waals surface area contributed by atoms with Crippen LogP contribution in [0.5, 0.6) is 11.5 Å². The van der Waals surface area contributed by atoms with Gasteiger partial charge in [-0.05, 0) is 70.0 Å². The first-order valence-corrected chi connectivity index (χ1v) is 11.0. The first-order valence-electron chi connectivity index (χ1n) is 10.2. The van der Waals surface area contributed by atoms with Gasteiger partial charge in [-0.2, -0.15) is 5.10 Å². The number of halogens is 2. The van der Waals surface area contributed by atoms with E-state index in [4.69, 9.17) is 9.47 Å². The highest BCUT2D eigenvalue weighted by Gasteiger charge is 2.14. The second-order valence-electron chi connectivity index (χ2n) is 7.22. The van der Waals surface area contributed by atoms with E-state index in [0.29, 0.717) is 26.6 Å². The minimum atomic E-state index is -0.678. The number of methoxy groups -OCH3 is 1. The van der Waals surface area contributed by atoms with Gasteiger partial charge in [0, 0.05) is 5.69 Å². The number of amides is 1. The van der Waals surface area contributed by atoms with E-state index in [2.05, 4.69) is 31.3 Å². The van der Waals surface area contributed by atoms with Crippen LogP contribution in [0.15, 0.2) is 79.8 Å². The normalized spacial score (nSPS) is 11.1. The largest absolute Gasteiger partial charge is 0.493 e. The first-order chi connectivity index (χ1) is 16.9. The van der Waals surface area contributed by atoms with Crippen molar-refractivity contribution in [3.8, 4) is 11.5 Å². The number of H-pyrrole nitrogens is 1. The van der Waals surface area contributed by atoms with Crippen molar-refractivity contribution in [1.82, 2.24) is 9.66 Å². The maximum absolute atomic E-state index is 13.0. The first kappa shape index (κ1) is 23.9. The summed E-state index contributed by atoms with van der Waals surface area (Å²) in [6, 6.07) is 15.2. The fraction of sp³-hybridized carbons (Fsp3) is 0.0833. The van der Waals surface area contributed by atoms with Gasteiger partial charge in [0.1, 0.15) is 5.82 Å². The molecular weight excluding hydrogens is 523 g/mol. The van der Waals surface area contributed by atoms with E-state index in [1.807, 2.05) is 0 Å². The highest BCUT2D eigenvalue weighted by molar-refractivity contribution is 9.10. The summed E-state index contributed by atoms with van der Waals surface area (Å²) in [6.07, 6.45) is 1.32. The predicted octanol–water partition coefficient (Wildman–Crippen LogP) is 3.50. The summed E-state index contributed by atoms with van der Waals surface area (Å²) in [5.41, 5.74) is 0.109. The molecule has 0 unspecified atom stereocenters. The van der Waals surface area contributed by atoms with Gasteiger partial charge in [0.15, 0.2) is 18.1 Å². The Hall–Kier alpha value is -4.25. The number of carbonyl (C=O) groups excluding carboxylic acids is 1. The number of nitrogens with one attached hydrogen (secondary N) is 2. The van der Waals surface area contributed by atoms with Crippen LogP contribution in [0.25, 0.3) is 10.9 Å². The molecule has 4 aromatic rings. The van der Waals surface area contributed by atoms with Crippen LogP contribution in [0.1, 0.15) is 5.56 Å². The van der Waals surface area contributed by atoms with E-state index < -0.39 is 23.0 Å². The average Bonchev–Trinajstić information content (AvgIpc) is 2.84. The van der Waals surface area contributed by atoms with E-state index >= 15 is 0 Å². The van der Waals surface area contributed by atoms with Gasteiger partial charge in [0.05, 0.1) is 28.7 Å². The molecule has 0 atom stereocenters. The molecule has 11 heteroatoms. The summed E-state index contributed by atoms with van der Waals surface area (Å²) in [7, 11) is 1.42. The molecule has 0 saturated heterocycles. The van der Waals surface area contributed by atoms with Crippen LogP contribution < -0.4 is 26.0 Å². The van der Waals surface area contributed by atoms with Crippen LogP contribution in [0.3, 0.4) is 0 Å². The Morgan fingerprint density at radius 1 is 1.17 bits per heavy atom. The van der Waals surface area contributed by atoms with Crippen molar-refractivity contribution < 1.29 is 18.7 Å². The molecule has 1 aromatic heterocycles. The number of fused-ring (bicyclic) bond motifs is 1. The number of aromatic amines is 1. The third-order valence-electron chi connectivity index (χ3n) is 4.83. The van der Waals surface area contributed by atoms with E-state index in [1.165, 1.54) is 37.6 Å². The number of hydrogen-bond acceptors (Lipinski definition) is 6. The van der Waals surface area contributed by atoms with E-state index in [-0.39, 0.29) is 18.1 Å². The molecule has 0 aliphatic rings. The Labute approximate surface area is 205 Å². The minimum absolute atomic E-state index is 0.264. The number of hydrogen-bond donors (Lipinski definition) is 2. The van der Waals surface area contributed by atoms with Crippen LogP contribution in [-0.4, -0.2) is 35.5 Å². The van der Waals surface area contributed by atoms with Crippen molar-refractivity contribution in [3.63, 3.8) is 0 Å². The number of ether oxygens (including phenoxy) is 2. The smallest absolute Gasteiger partial charge is 0.349 e. The Kier molecular flexibility index (Phi) is 7.06. The molecule has 0 aliphatic heterocycles. The monoisotopic (exact) mass is 540 g/mol. The molecule has 4 rings (SSSR count). The topological polar surface area (TPSA) is 115 Å². The molecule has 3 aromatic carbocycles. The number of para-hydroxylation sites is 1. The lowest BCUT2D eigenvalue weighted by Crippen LogP contribution is -2.32. The van der Waals surface area contributed by atoms with Crippen LogP contribution in [0, 0.1) is 5.82 Å². The number of anilines is 1. The summed E-state index contributed by atoms with van der Waals surface area (Å²) in [5, 5.41) is 6.95. The molecule has 0 aliphatic carbocycles. The van der Waals surface area contributed by atoms with Crippen molar-refractivity contribution in [2.45, 2.75) is 0 Å². The second kappa shape index (κ2) is 10.3. The Morgan fingerprint density at radius 2 is 1.91 bits per heavy atom. The summed E-state index contributed by atoms with van der Waals surface area (Å²) >= 11 is 3.37. The van der Waals surface area contributed by atoms with Crippen LogP contribution >= 0.6 is 15.9 Å². The molecule has 1 heterocycles. The molecule has 0 bridgehead atoms. The third-order valence-corrected chi connectivity index (χ3v) is 5.42. The predicted molar refractivity (Wildman–Crippen MR) is 133 cm³/mol. The Morgan fingerprint density at radius 3 is 2.66 bits per heavy atom. The van der Waals surface area contributed by atoms with Gasteiger partial charge < -0.3 is 19.8 Å². The number of rotatable bonds is 7. The van der Waals surface area contributed by atoms with Crippen molar-refractivity contribution in [2.24, 2.45) is 5.10 Å². The molecule has 35 heavy (non-hydrogen) atoms. The van der Waals surface area contributed by atoms with Gasteiger partial charge in [0.25, 0.3) is 11.5 Å². The highest BCUT2D eigenvalue weighted by atomic mass is 79.9. The van der Waals surface area contributed by atoms with Crippen molar-refractivity contribution >= 4 is 44.6 Å². The third kappa shape index (κ3) is 5.46. The molecule has 178 valence electrons. The number of benzene rings is 3. The number of aromatic nitrogens is 2. The lowest BCUT2D eigenvalue weighted by molar-refractivity contribution is -0.118. The lowest BCUT2D eigenvalue weighted by Gasteiger charge is -2.13. The lowest BCUT2D eigenvalue weighted by atomic mass is 10.2. The zero-order valence-corrected chi connectivity index (χ0v) is 19.8. The summed E-state index contributed by atoms with van der Waals surface area (Å²) < 4.78 is 25.2. The van der Waals surface area contributed by atoms with Crippen molar-refractivity contribution in [2.75, 3.05) is 19.0 Å². The zero-order valence-electron chi connectivity index (χ0n) is 18.2. The maximum atomic E-state index is 13.0. The maximum Gasteiger partial charge on any atom is 0.349 e. The molecule has 1 amide bonds. The molecule has 0 spiro atoms. The zero-order chi connectivity index (χ0) is 24.9. The Balaban J connectivity index is 1.53. The SMILES string of the molecule is COc1cc(C=Nn2c(=O)[nH]c3ccccc3c2=O)cc(Br)c1OCC(=O)Nc1ccc(F)cc1. The van der Waals surface area contributed by atoms with Crippen LogP contribution in [0.4, 0.5) is 10.1 Å².